The molecule has 0 saturated heterocycles. The third-order valence-corrected chi connectivity index (χ3v) is 8.18. The van der Waals surface area contributed by atoms with Crippen molar-refractivity contribution in [3.63, 3.8) is 0 Å². The summed E-state index contributed by atoms with van der Waals surface area (Å²) >= 11 is 0. The zero-order valence-corrected chi connectivity index (χ0v) is 14.6. The molecule has 0 heterocycles. The smallest absolute Gasteiger partial charge is 0.155 e. The van der Waals surface area contributed by atoms with Crippen LogP contribution >= 0.6 is 0 Å². The molecule has 2 N–H and O–H groups in total. The quantitative estimate of drug-likeness (QED) is 0.721. The van der Waals surface area contributed by atoms with Crippen molar-refractivity contribution in [2.45, 2.75) is 71.0 Å². The Labute approximate surface area is 139 Å². The third kappa shape index (κ3) is 2.05. The van der Waals surface area contributed by atoms with E-state index in [1.165, 1.54) is 5.57 Å². The molecule has 4 rings (SSSR count). The van der Waals surface area contributed by atoms with Crippen LogP contribution in [0.1, 0.15) is 59.3 Å². The molecular weight excluding hydrogens is 288 g/mol. The van der Waals surface area contributed by atoms with Crippen LogP contribution in [-0.2, 0) is 4.79 Å². The van der Waals surface area contributed by atoms with E-state index in [0.717, 1.165) is 25.7 Å². The molecule has 0 radical (unpaired) electrons. The molecule has 0 spiro atoms. The SMILES string of the molecule is CC1CC2=CC(=O)CC[C@@H]2[C@H]2C(O)C[C@@]3(C)[C@@H](CC[C@]3(C)O)[C@H]12. The van der Waals surface area contributed by atoms with Gasteiger partial charge in [0.05, 0.1) is 11.7 Å². The average Bonchev–Trinajstić information content (AvgIpc) is 2.68. The maximum absolute atomic E-state index is 11.8. The Morgan fingerprint density at radius 1 is 1.22 bits per heavy atom. The molecule has 3 fully saturated rings. The normalized spacial score (nSPS) is 55.7. The first kappa shape index (κ1) is 15.8. The van der Waals surface area contributed by atoms with Gasteiger partial charge < -0.3 is 10.2 Å². The van der Waals surface area contributed by atoms with Gasteiger partial charge in [0.15, 0.2) is 5.78 Å². The highest BCUT2D eigenvalue weighted by Gasteiger charge is 2.64. The molecule has 4 aliphatic rings. The first-order chi connectivity index (χ1) is 10.7. The maximum Gasteiger partial charge on any atom is 0.155 e. The number of aliphatic hydroxyl groups excluding tert-OH is 1. The minimum absolute atomic E-state index is 0.173. The maximum atomic E-state index is 11.8. The predicted octanol–water partition coefficient (Wildman–Crippen LogP) is 3.10. The van der Waals surface area contributed by atoms with Crippen LogP contribution in [0.2, 0.25) is 0 Å². The van der Waals surface area contributed by atoms with Gasteiger partial charge >= 0.3 is 0 Å². The summed E-state index contributed by atoms with van der Waals surface area (Å²) in [6.07, 6.45) is 6.71. The number of carbonyl (C=O) groups is 1. The molecule has 3 nitrogen and oxygen atoms in total. The molecule has 0 aromatic heterocycles. The van der Waals surface area contributed by atoms with Crippen LogP contribution in [0.4, 0.5) is 0 Å². The van der Waals surface area contributed by atoms with Crippen molar-refractivity contribution in [1.29, 1.82) is 0 Å². The number of rotatable bonds is 0. The zero-order valence-electron chi connectivity index (χ0n) is 14.6. The molecule has 0 bridgehead atoms. The van der Waals surface area contributed by atoms with Crippen molar-refractivity contribution < 1.29 is 15.0 Å². The summed E-state index contributed by atoms with van der Waals surface area (Å²) < 4.78 is 0. The van der Waals surface area contributed by atoms with Gasteiger partial charge in [-0.3, -0.25) is 4.79 Å². The highest BCUT2D eigenvalue weighted by atomic mass is 16.3. The second kappa shape index (κ2) is 4.92. The van der Waals surface area contributed by atoms with Gasteiger partial charge in [-0.2, -0.15) is 0 Å². The fourth-order valence-corrected chi connectivity index (χ4v) is 6.86. The van der Waals surface area contributed by atoms with Crippen LogP contribution in [0.3, 0.4) is 0 Å². The summed E-state index contributed by atoms with van der Waals surface area (Å²) in [5.41, 5.74) is 0.456. The van der Waals surface area contributed by atoms with Gasteiger partial charge in [0.2, 0.25) is 0 Å². The number of hydrogen-bond acceptors (Lipinski definition) is 3. The van der Waals surface area contributed by atoms with Gasteiger partial charge in [-0.25, -0.2) is 0 Å². The Hall–Kier alpha value is -0.670. The molecule has 0 aliphatic heterocycles. The Morgan fingerprint density at radius 2 is 1.96 bits per heavy atom. The lowest BCUT2D eigenvalue weighted by Gasteiger charge is -2.58. The summed E-state index contributed by atoms with van der Waals surface area (Å²) in [6, 6.07) is 0. The fraction of sp³-hybridized carbons (Fsp3) is 0.850. The van der Waals surface area contributed by atoms with Crippen LogP contribution in [0.15, 0.2) is 11.6 Å². The summed E-state index contributed by atoms with van der Waals surface area (Å²) in [5.74, 6) is 2.40. The Balaban J connectivity index is 1.74. The molecule has 2 unspecified atom stereocenters. The molecule has 0 aromatic carbocycles. The molecular formula is C20H30O3. The van der Waals surface area contributed by atoms with E-state index in [1.54, 1.807) is 0 Å². The van der Waals surface area contributed by atoms with Crippen molar-refractivity contribution in [2.75, 3.05) is 0 Å². The third-order valence-electron chi connectivity index (χ3n) is 8.18. The topological polar surface area (TPSA) is 57.5 Å². The van der Waals surface area contributed by atoms with Gasteiger partial charge in [-0.15, -0.1) is 0 Å². The zero-order chi connectivity index (χ0) is 16.6. The molecule has 0 aromatic rings. The molecule has 0 amide bonds. The Kier molecular flexibility index (Phi) is 3.39. The van der Waals surface area contributed by atoms with Gasteiger partial charge in [-0.05, 0) is 74.7 Å². The van der Waals surface area contributed by atoms with Crippen molar-refractivity contribution in [1.82, 2.24) is 0 Å². The van der Waals surface area contributed by atoms with Crippen LogP contribution < -0.4 is 0 Å². The summed E-state index contributed by atoms with van der Waals surface area (Å²) in [6.45, 7) is 6.46. The molecule has 3 saturated carbocycles. The molecule has 4 aliphatic carbocycles. The van der Waals surface area contributed by atoms with E-state index in [-0.39, 0.29) is 23.2 Å². The van der Waals surface area contributed by atoms with E-state index in [2.05, 4.69) is 13.8 Å². The van der Waals surface area contributed by atoms with Crippen molar-refractivity contribution >= 4 is 5.78 Å². The van der Waals surface area contributed by atoms with Gasteiger partial charge in [0.1, 0.15) is 0 Å². The second-order valence-electron chi connectivity index (χ2n) is 9.27. The fourth-order valence-electron chi connectivity index (χ4n) is 6.86. The van der Waals surface area contributed by atoms with E-state index in [0.29, 0.717) is 36.5 Å². The van der Waals surface area contributed by atoms with Gasteiger partial charge in [-0.1, -0.05) is 19.4 Å². The van der Waals surface area contributed by atoms with Crippen LogP contribution in [0, 0.1) is 35.0 Å². The van der Waals surface area contributed by atoms with Crippen molar-refractivity contribution in [2.24, 2.45) is 35.0 Å². The summed E-state index contributed by atoms with van der Waals surface area (Å²) in [7, 11) is 0. The van der Waals surface area contributed by atoms with E-state index >= 15 is 0 Å². The monoisotopic (exact) mass is 318 g/mol. The number of allylic oxidation sites excluding steroid dienone is 1. The second-order valence-corrected chi connectivity index (χ2v) is 9.27. The predicted molar refractivity (Wildman–Crippen MR) is 88.7 cm³/mol. The number of fused-ring (bicyclic) bond motifs is 5. The highest BCUT2D eigenvalue weighted by molar-refractivity contribution is 5.91. The molecule has 23 heavy (non-hydrogen) atoms. The van der Waals surface area contributed by atoms with Crippen LogP contribution in [0.25, 0.3) is 0 Å². The largest absolute Gasteiger partial charge is 0.393 e. The van der Waals surface area contributed by atoms with E-state index in [4.69, 9.17) is 0 Å². The van der Waals surface area contributed by atoms with Crippen LogP contribution in [0.5, 0.6) is 0 Å². The first-order valence-corrected chi connectivity index (χ1v) is 9.38. The lowest BCUT2D eigenvalue weighted by molar-refractivity contribution is -0.161. The van der Waals surface area contributed by atoms with E-state index in [9.17, 15) is 15.0 Å². The molecule has 128 valence electrons. The van der Waals surface area contributed by atoms with Crippen LogP contribution in [-0.4, -0.2) is 27.7 Å². The first-order valence-electron chi connectivity index (χ1n) is 9.38. The Morgan fingerprint density at radius 3 is 2.70 bits per heavy atom. The number of hydrogen-bond donors (Lipinski definition) is 2. The minimum atomic E-state index is -0.665. The van der Waals surface area contributed by atoms with E-state index < -0.39 is 5.60 Å². The van der Waals surface area contributed by atoms with Gasteiger partial charge in [0, 0.05) is 11.8 Å². The molecule has 3 heteroatoms. The standard InChI is InChI=1S/C20H30O3/c1-11-8-12-9-13(21)4-5-14(12)18-16(22)10-19(2)15(17(11)18)6-7-20(19,3)23/h9,11,14-18,22-23H,4-8,10H2,1-3H3/t11?,14-,15-,16?,17-,18-,19-,20-/m0/s1. The average molecular weight is 318 g/mol. The number of ketones is 1. The van der Waals surface area contributed by atoms with Crippen molar-refractivity contribution in [3.05, 3.63) is 11.6 Å². The van der Waals surface area contributed by atoms with Crippen molar-refractivity contribution in [3.8, 4) is 0 Å². The highest BCUT2D eigenvalue weighted by Crippen LogP contribution is 2.65. The van der Waals surface area contributed by atoms with E-state index in [1.807, 2.05) is 13.0 Å². The lowest BCUT2D eigenvalue weighted by atomic mass is 9.47. The minimum Gasteiger partial charge on any atom is -0.393 e. The Bertz CT molecular complexity index is 563. The lowest BCUT2D eigenvalue weighted by Crippen LogP contribution is -2.58. The van der Waals surface area contributed by atoms with Gasteiger partial charge in [0.25, 0.3) is 0 Å². The summed E-state index contributed by atoms with van der Waals surface area (Å²) in [4.78, 5) is 11.8. The number of carbonyl (C=O) groups excluding carboxylic acids is 1. The number of aliphatic hydroxyl groups is 2. The molecule has 8 atom stereocenters. The summed E-state index contributed by atoms with van der Waals surface area (Å²) in [5, 5.41) is 22.0.